The van der Waals surface area contributed by atoms with Gasteiger partial charge in [0.05, 0.1) is 28.8 Å². The Kier molecular flexibility index (Phi) is 7.47. The maximum Gasteiger partial charge on any atom is 0.252 e. The molecule has 1 fully saturated rings. The number of carbonyl (C=O) groups is 1. The molecule has 1 aliphatic heterocycles. The van der Waals surface area contributed by atoms with Crippen molar-refractivity contribution in [3.8, 4) is 5.75 Å². The van der Waals surface area contributed by atoms with Gasteiger partial charge in [-0.15, -0.1) is 0 Å². The summed E-state index contributed by atoms with van der Waals surface area (Å²) < 4.78 is 5.21. The minimum Gasteiger partial charge on any atom is -0.496 e. The van der Waals surface area contributed by atoms with E-state index in [-0.39, 0.29) is 0 Å². The van der Waals surface area contributed by atoms with Gasteiger partial charge in [0.2, 0.25) is 0 Å². The number of primary amides is 1. The molecule has 0 aromatic heterocycles. The van der Waals surface area contributed by atoms with Crippen LogP contribution in [0.3, 0.4) is 0 Å². The first-order valence-corrected chi connectivity index (χ1v) is 10.7. The van der Waals surface area contributed by atoms with Crippen molar-refractivity contribution in [2.45, 2.75) is 25.4 Å². The van der Waals surface area contributed by atoms with Crippen LogP contribution in [0.15, 0.2) is 30.3 Å². The number of carbonyl (C=O) groups excluding carboxylic acids is 1. The normalized spacial score (nSPS) is 16.4. The summed E-state index contributed by atoms with van der Waals surface area (Å²) in [6.07, 6.45) is 2.11. The summed E-state index contributed by atoms with van der Waals surface area (Å²) >= 11 is 12.0. The molecule has 0 saturated carbocycles. The van der Waals surface area contributed by atoms with Crippen molar-refractivity contribution in [2.75, 3.05) is 32.5 Å². The summed E-state index contributed by atoms with van der Waals surface area (Å²) in [5, 5.41) is 11.5. The van der Waals surface area contributed by atoms with Crippen LogP contribution in [0, 0.1) is 5.92 Å². The molecule has 0 radical (unpaired) electrons. The molecule has 1 unspecified atom stereocenters. The molecular weight excluding hydrogens is 425 g/mol. The predicted octanol–water partition coefficient (Wildman–Crippen LogP) is 3.67. The van der Waals surface area contributed by atoms with Gasteiger partial charge in [-0.3, -0.25) is 4.79 Å². The zero-order valence-electron chi connectivity index (χ0n) is 16.9. The van der Waals surface area contributed by atoms with Crippen molar-refractivity contribution in [1.29, 1.82) is 0 Å². The lowest BCUT2D eigenvalue weighted by molar-refractivity contribution is 0.0893. The Morgan fingerprint density at radius 1 is 1.23 bits per heavy atom. The van der Waals surface area contributed by atoms with Gasteiger partial charge in [0.15, 0.2) is 0 Å². The number of β-amino-alcohol motifs (C(OH)–C–C–N with tert-alkyl or cyclic N) is 1. The van der Waals surface area contributed by atoms with E-state index in [1.165, 1.54) is 7.11 Å². The second kappa shape index (κ2) is 9.88. The number of amides is 1. The highest BCUT2D eigenvalue weighted by atomic mass is 35.5. The second-order valence-electron chi connectivity index (χ2n) is 7.75. The van der Waals surface area contributed by atoms with E-state index in [2.05, 4.69) is 4.90 Å². The summed E-state index contributed by atoms with van der Waals surface area (Å²) in [5.41, 5.74) is 14.3. The maximum atomic E-state index is 11.7. The van der Waals surface area contributed by atoms with Gasteiger partial charge >= 0.3 is 0 Å². The number of piperidine rings is 1. The monoisotopic (exact) mass is 451 g/mol. The number of aliphatic hydroxyl groups is 1. The molecule has 2 aromatic rings. The van der Waals surface area contributed by atoms with E-state index in [0.29, 0.717) is 39.5 Å². The van der Waals surface area contributed by atoms with Crippen LogP contribution in [-0.4, -0.2) is 42.7 Å². The van der Waals surface area contributed by atoms with Gasteiger partial charge in [0.1, 0.15) is 5.75 Å². The first-order valence-electron chi connectivity index (χ1n) is 9.90. The van der Waals surface area contributed by atoms with Gasteiger partial charge in [-0.1, -0.05) is 29.3 Å². The van der Waals surface area contributed by atoms with E-state index in [0.717, 1.165) is 43.5 Å². The molecule has 2 aromatic carbocycles. The highest BCUT2D eigenvalue weighted by Gasteiger charge is 2.23. The van der Waals surface area contributed by atoms with Crippen molar-refractivity contribution < 1.29 is 14.6 Å². The van der Waals surface area contributed by atoms with Crippen LogP contribution < -0.4 is 16.2 Å². The van der Waals surface area contributed by atoms with E-state index in [1.807, 2.05) is 0 Å². The van der Waals surface area contributed by atoms with E-state index in [9.17, 15) is 9.90 Å². The SMILES string of the molecule is COc1cc(N)c(CC2CCN(CC(O)c3ccc(Cl)c(Cl)c3)CC2)cc1C(N)=O. The van der Waals surface area contributed by atoms with Crippen molar-refractivity contribution in [3.63, 3.8) is 0 Å². The number of hydrogen-bond donors (Lipinski definition) is 3. The molecule has 1 amide bonds. The van der Waals surface area contributed by atoms with E-state index in [4.69, 9.17) is 39.4 Å². The van der Waals surface area contributed by atoms with Crippen LogP contribution in [0.1, 0.15) is 40.4 Å². The number of ether oxygens (including phenoxy) is 1. The van der Waals surface area contributed by atoms with E-state index >= 15 is 0 Å². The Labute approximate surface area is 186 Å². The molecule has 30 heavy (non-hydrogen) atoms. The lowest BCUT2D eigenvalue weighted by atomic mass is 9.88. The fourth-order valence-electron chi connectivity index (χ4n) is 3.93. The predicted molar refractivity (Wildman–Crippen MR) is 120 cm³/mol. The van der Waals surface area contributed by atoms with Crippen molar-refractivity contribution >= 4 is 34.8 Å². The molecule has 0 bridgehead atoms. The molecule has 8 heteroatoms. The third-order valence-corrected chi connectivity index (χ3v) is 6.44. The summed E-state index contributed by atoms with van der Waals surface area (Å²) in [5.74, 6) is 0.314. The third kappa shape index (κ3) is 5.38. The van der Waals surface area contributed by atoms with Crippen LogP contribution >= 0.6 is 23.2 Å². The fraction of sp³-hybridized carbons (Fsp3) is 0.409. The number of halogens is 2. The molecule has 0 aliphatic carbocycles. The molecule has 5 N–H and O–H groups in total. The second-order valence-corrected chi connectivity index (χ2v) is 8.57. The first-order chi connectivity index (χ1) is 14.3. The zero-order chi connectivity index (χ0) is 21.8. The van der Waals surface area contributed by atoms with Crippen LogP contribution in [0.4, 0.5) is 5.69 Å². The Morgan fingerprint density at radius 2 is 1.93 bits per heavy atom. The lowest BCUT2D eigenvalue weighted by Gasteiger charge is -2.33. The maximum absolute atomic E-state index is 11.7. The summed E-state index contributed by atoms with van der Waals surface area (Å²) in [6.45, 7) is 2.30. The largest absolute Gasteiger partial charge is 0.496 e. The smallest absolute Gasteiger partial charge is 0.252 e. The van der Waals surface area contributed by atoms with Crippen LogP contribution in [-0.2, 0) is 6.42 Å². The van der Waals surface area contributed by atoms with Gasteiger partial charge in [0, 0.05) is 18.3 Å². The van der Waals surface area contributed by atoms with Crippen LogP contribution in [0.5, 0.6) is 5.75 Å². The number of nitrogens with zero attached hydrogens (tertiary/aromatic N) is 1. The number of benzene rings is 2. The number of methoxy groups -OCH3 is 1. The zero-order valence-corrected chi connectivity index (χ0v) is 18.4. The van der Waals surface area contributed by atoms with Crippen molar-refractivity contribution in [1.82, 2.24) is 4.90 Å². The molecule has 0 spiro atoms. The minimum atomic E-state index is -0.619. The highest BCUT2D eigenvalue weighted by molar-refractivity contribution is 6.42. The number of likely N-dealkylation sites (tertiary alicyclic amines) is 1. The number of anilines is 1. The van der Waals surface area contributed by atoms with Crippen molar-refractivity contribution in [3.05, 3.63) is 57.1 Å². The number of rotatable bonds is 7. The topological polar surface area (TPSA) is 102 Å². The molecule has 1 heterocycles. The average Bonchev–Trinajstić information content (AvgIpc) is 2.72. The molecule has 1 saturated heterocycles. The molecule has 6 nitrogen and oxygen atoms in total. The fourth-order valence-corrected chi connectivity index (χ4v) is 4.24. The number of aliphatic hydroxyl groups excluding tert-OH is 1. The van der Waals surface area contributed by atoms with Crippen LogP contribution in [0.2, 0.25) is 10.0 Å². The molecule has 1 atom stereocenters. The number of nitrogens with two attached hydrogens (primary N) is 2. The average molecular weight is 452 g/mol. The van der Waals surface area contributed by atoms with Gasteiger partial charge in [-0.25, -0.2) is 0 Å². The Bertz CT molecular complexity index is 915. The Balaban J connectivity index is 1.57. The van der Waals surface area contributed by atoms with Crippen molar-refractivity contribution in [2.24, 2.45) is 11.7 Å². The number of hydrogen-bond acceptors (Lipinski definition) is 5. The Hall–Kier alpha value is -1.99. The molecule has 162 valence electrons. The van der Waals surface area contributed by atoms with Gasteiger partial charge in [0.25, 0.3) is 5.91 Å². The van der Waals surface area contributed by atoms with E-state index in [1.54, 1.807) is 30.3 Å². The standard InChI is InChI=1S/C22H27Cl2N3O3/c1-30-21-11-19(25)15(9-16(21)22(26)29)8-13-4-6-27(7-5-13)12-20(28)14-2-3-17(23)18(24)10-14/h2-3,9-11,13,20,28H,4-8,12,25H2,1H3,(H2,26,29). The summed E-state index contributed by atoms with van der Waals surface area (Å²) in [4.78, 5) is 13.9. The molecule has 1 aliphatic rings. The molecule has 3 rings (SSSR count). The number of nitrogen functional groups attached to an aromatic ring is 1. The third-order valence-electron chi connectivity index (χ3n) is 5.70. The van der Waals surface area contributed by atoms with E-state index < -0.39 is 12.0 Å². The molecular formula is C22H27Cl2N3O3. The minimum absolute atomic E-state index is 0.351. The van der Waals surface area contributed by atoms with Gasteiger partial charge in [-0.2, -0.15) is 0 Å². The summed E-state index contributed by atoms with van der Waals surface area (Å²) in [7, 11) is 1.49. The van der Waals surface area contributed by atoms with Crippen LogP contribution in [0.25, 0.3) is 0 Å². The lowest BCUT2D eigenvalue weighted by Crippen LogP contribution is -2.37. The van der Waals surface area contributed by atoms with Gasteiger partial charge in [-0.05, 0) is 67.6 Å². The highest BCUT2D eigenvalue weighted by Crippen LogP contribution is 2.31. The Morgan fingerprint density at radius 3 is 2.53 bits per heavy atom. The first kappa shape index (κ1) is 22.7. The summed E-state index contributed by atoms with van der Waals surface area (Å²) in [6, 6.07) is 8.63. The van der Waals surface area contributed by atoms with Gasteiger partial charge < -0.3 is 26.2 Å². The quantitative estimate of drug-likeness (QED) is 0.557.